The molecule has 383 valence electrons. The number of rotatable bonds is 13. The first-order valence-corrected chi connectivity index (χ1v) is 26.7. The van der Waals surface area contributed by atoms with Gasteiger partial charge in [0.15, 0.2) is 5.78 Å². The molecule has 0 atom stereocenters. The number of benzene rings is 4. The number of carbonyl (C=O) groups is 1. The standard InChI is InChI=1S/2C26H30N.C14H26O2.Ir/c2*1-18-13-22(17-23(14-18)26(2,3)4)25-24-10-9-20(15-19-7-5-6-8-19)16-21(24)11-12-27-25;1-6-11(7-2)12(15)10-13(16)14(5,8-3)9-4;/h2*9-12,14,16-17,19H,5-8,15H2,1-4H3;10-11,16H,6-9H2,1-5H3;/q2*-1;;/b;;13-10-;/i2*11D,12D;;. The van der Waals surface area contributed by atoms with Crippen LogP contribution in [-0.2, 0) is 48.6 Å². The van der Waals surface area contributed by atoms with Gasteiger partial charge in [-0.2, -0.15) is 0 Å². The van der Waals surface area contributed by atoms with Gasteiger partial charge >= 0.3 is 0 Å². The second kappa shape index (κ2) is 25.5. The molecule has 0 spiro atoms. The third kappa shape index (κ3) is 15.3. The van der Waals surface area contributed by atoms with E-state index >= 15 is 0 Å². The van der Waals surface area contributed by atoms with Gasteiger partial charge in [-0.1, -0.05) is 178 Å². The summed E-state index contributed by atoms with van der Waals surface area (Å²) < 4.78 is 33.5. The summed E-state index contributed by atoms with van der Waals surface area (Å²) in [5.74, 6) is 1.89. The number of pyridine rings is 2. The van der Waals surface area contributed by atoms with Gasteiger partial charge in [0, 0.05) is 49.9 Å². The number of aliphatic hydroxyl groups excluding tert-OH is 1. The molecule has 2 aromatic heterocycles. The number of aliphatic hydroxyl groups is 1. The second-order valence-corrected chi connectivity index (χ2v) is 23.0. The molecule has 2 heterocycles. The van der Waals surface area contributed by atoms with E-state index in [0.717, 1.165) is 106 Å². The van der Waals surface area contributed by atoms with E-state index in [4.69, 9.17) is 5.48 Å². The Labute approximate surface area is 449 Å². The summed E-state index contributed by atoms with van der Waals surface area (Å²) in [5.41, 5.74) is 10.3. The molecule has 2 fully saturated rings. The smallest absolute Gasteiger partial charge is 0.162 e. The first-order chi connectivity index (χ1) is 34.9. The maximum Gasteiger partial charge on any atom is 0.162 e. The minimum absolute atomic E-state index is 0. The van der Waals surface area contributed by atoms with Crippen LogP contribution >= 0.6 is 0 Å². The van der Waals surface area contributed by atoms with Crippen LogP contribution in [0, 0.1) is 49.1 Å². The molecule has 1 N–H and O–H groups in total. The van der Waals surface area contributed by atoms with Crippen LogP contribution in [0.15, 0.2) is 96.9 Å². The molecular formula is C66H86IrN2O2-2. The topological polar surface area (TPSA) is 63.1 Å². The van der Waals surface area contributed by atoms with Gasteiger partial charge in [-0.25, -0.2) is 0 Å². The minimum Gasteiger partial charge on any atom is -0.512 e. The van der Waals surface area contributed by atoms with Crippen LogP contribution < -0.4 is 0 Å². The summed E-state index contributed by atoms with van der Waals surface area (Å²) in [6.45, 7) is 27.4. The van der Waals surface area contributed by atoms with E-state index in [9.17, 15) is 9.90 Å². The Kier molecular flexibility index (Phi) is 18.5. The molecule has 8 rings (SSSR count). The Hall–Kier alpha value is -4.44. The maximum absolute atomic E-state index is 11.9. The van der Waals surface area contributed by atoms with Crippen molar-refractivity contribution in [3.8, 4) is 22.5 Å². The van der Waals surface area contributed by atoms with Crippen molar-refractivity contribution in [1.29, 1.82) is 0 Å². The quantitative estimate of drug-likeness (QED) is 0.0711. The molecule has 2 aliphatic rings. The first-order valence-electron chi connectivity index (χ1n) is 28.7. The third-order valence-electron chi connectivity index (χ3n) is 15.5. The third-order valence-corrected chi connectivity index (χ3v) is 15.5. The molecule has 0 amide bonds. The van der Waals surface area contributed by atoms with E-state index in [-0.39, 0.29) is 78.2 Å². The van der Waals surface area contributed by atoms with Gasteiger partial charge in [0.1, 0.15) is 5.76 Å². The molecular weight excluding hydrogens is 1040 g/mol. The zero-order chi connectivity index (χ0) is 54.3. The fourth-order valence-electron chi connectivity index (χ4n) is 10.3. The molecule has 5 heteroatoms. The number of fused-ring (bicyclic) bond motifs is 2. The van der Waals surface area contributed by atoms with E-state index in [2.05, 4.69) is 138 Å². The Balaban J connectivity index is 0.000000217. The van der Waals surface area contributed by atoms with Gasteiger partial charge in [0.05, 0.1) is 5.48 Å². The zero-order valence-corrected chi connectivity index (χ0v) is 48.0. The molecule has 1 radical (unpaired) electrons. The number of hydrogen-bond donors (Lipinski definition) is 1. The van der Waals surface area contributed by atoms with Crippen molar-refractivity contribution in [2.45, 2.75) is 191 Å². The predicted octanol–water partition coefficient (Wildman–Crippen LogP) is 18.3. The summed E-state index contributed by atoms with van der Waals surface area (Å²) in [5, 5.41) is 13.6. The molecule has 2 aliphatic carbocycles. The first kappa shape index (κ1) is 51.5. The van der Waals surface area contributed by atoms with Crippen LogP contribution in [0.5, 0.6) is 0 Å². The second-order valence-electron chi connectivity index (χ2n) is 23.0. The average Bonchev–Trinajstić information content (AvgIpc) is 4.08. The molecule has 4 aromatic carbocycles. The van der Waals surface area contributed by atoms with Crippen LogP contribution in [-0.4, -0.2) is 20.9 Å². The number of aromatic nitrogens is 2. The molecule has 0 unspecified atom stereocenters. The Morgan fingerprint density at radius 1 is 0.662 bits per heavy atom. The Morgan fingerprint density at radius 3 is 1.41 bits per heavy atom. The van der Waals surface area contributed by atoms with E-state index < -0.39 is 0 Å². The summed E-state index contributed by atoms with van der Waals surface area (Å²) in [4.78, 5) is 20.9. The van der Waals surface area contributed by atoms with E-state index in [0.29, 0.717) is 0 Å². The SMILES string of the molecule is CCC(CC)C(=O)/C=C(\O)C(C)(CC)CC.[2H]c1nc(-c2[c-]c(C)cc(C(C)(C)C)c2)c2ccc(CC3CCCC3)cc2c1[2H].[2H]c1nc(-c2[c-]c(C)cc(C(C)(C)C)c2)c2ccc(CC3CCCC3)cc2c1[2H].[Ir]. The molecule has 4 nitrogen and oxygen atoms in total. The molecule has 2 saturated carbocycles. The van der Waals surface area contributed by atoms with E-state index in [1.54, 1.807) is 0 Å². The van der Waals surface area contributed by atoms with Crippen molar-refractivity contribution in [2.24, 2.45) is 23.2 Å². The van der Waals surface area contributed by atoms with Gasteiger partial charge in [0.25, 0.3) is 0 Å². The molecule has 71 heavy (non-hydrogen) atoms. The Bertz CT molecular complexity index is 2770. The van der Waals surface area contributed by atoms with Crippen molar-refractivity contribution in [1.82, 2.24) is 9.97 Å². The van der Waals surface area contributed by atoms with E-state index in [1.807, 2.05) is 34.6 Å². The zero-order valence-electron chi connectivity index (χ0n) is 49.6. The van der Waals surface area contributed by atoms with Crippen LogP contribution in [0.2, 0.25) is 0 Å². The van der Waals surface area contributed by atoms with Crippen LogP contribution in [0.3, 0.4) is 0 Å². The summed E-state index contributed by atoms with van der Waals surface area (Å²) in [6.07, 6.45) is 17.7. The maximum atomic E-state index is 11.9. The Morgan fingerprint density at radius 2 is 1.06 bits per heavy atom. The van der Waals surface area contributed by atoms with Crippen LogP contribution in [0.1, 0.15) is 192 Å². The minimum atomic E-state index is -0.248. The number of aryl methyl sites for hydroxylation is 2. The summed E-state index contributed by atoms with van der Waals surface area (Å²) >= 11 is 0. The van der Waals surface area contributed by atoms with Gasteiger partial charge in [-0.05, 0) is 117 Å². The molecule has 6 aromatic rings. The fraction of sp³-hybridized carbons (Fsp3) is 0.500. The number of allylic oxidation sites excluding steroid dienone is 2. The van der Waals surface area contributed by atoms with Gasteiger partial charge in [-0.15, -0.1) is 69.8 Å². The monoisotopic (exact) mass is 1140 g/mol. The fourth-order valence-corrected chi connectivity index (χ4v) is 10.3. The summed E-state index contributed by atoms with van der Waals surface area (Å²) in [6, 6.07) is 28.8. The van der Waals surface area contributed by atoms with Crippen molar-refractivity contribution in [3.63, 3.8) is 0 Å². The van der Waals surface area contributed by atoms with Crippen molar-refractivity contribution < 1.29 is 35.5 Å². The largest absolute Gasteiger partial charge is 0.512 e. The predicted molar refractivity (Wildman–Crippen MR) is 299 cm³/mol. The number of ketones is 1. The molecule has 0 bridgehead atoms. The van der Waals surface area contributed by atoms with Crippen molar-refractivity contribution in [2.75, 3.05) is 0 Å². The van der Waals surface area contributed by atoms with Gasteiger partial charge in [-0.3, -0.25) is 4.79 Å². The number of carbonyl (C=O) groups excluding carboxylic acids is 1. The van der Waals surface area contributed by atoms with Gasteiger partial charge < -0.3 is 15.1 Å². The molecule has 0 saturated heterocycles. The van der Waals surface area contributed by atoms with Crippen LogP contribution in [0.25, 0.3) is 44.1 Å². The van der Waals surface area contributed by atoms with Crippen molar-refractivity contribution in [3.05, 3.63) is 142 Å². The van der Waals surface area contributed by atoms with Gasteiger partial charge in [0.2, 0.25) is 0 Å². The number of hydrogen-bond acceptors (Lipinski definition) is 4. The van der Waals surface area contributed by atoms with E-state index in [1.165, 1.54) is 79.7 Å². The normalized spacial score (nSPS) is 15.6. The molecule has 0 aliphatic heterocycles. The summed E-state index contributed by atoms with van der Waals surface area (Å²) in [7, 11) is 0. The van der Waals surface area contributed by atoms with Crippen molar-refractivity contribution >= 4 is 27.3 Å². The van der Waals surface area contributed by atoms with Crippen LogP contribution in [0.4, 0.5) is 0 Å². The number of nitrogens with zero attached hydrogens (tertiary/aromatic N) is 2. The average molecular weight is 1140 g/mol.